The van der Waals surface area contributed by atoms with Crippen molar-refractivity contribution in [2.24, 2.45) is 5.92 Å². The molecule has 20 heavy (non-hydrogen) atoms. The Morgan fingerprint density at radius 1 is 1.40 bits per heavy atom. The molecule has 0 aliphatic heterocycles. The molecule has 106 valence electrons. The second kappa shape index (κ2) is 4.30. The summed E-state index contributed by atoms with van der Waals surface area (Å²) in [6.45, 7) is 8.05. The Labute approximate surface area is 118 Å². The van der Waals surface area contributed by atoms with Crippen molar-refractivity contribution in [2.75, 3.05) is 0 Å². The van der Waals surface area contributed by atoms with Crippen molar-refractivity contribution in [3.63, 3.8) is 0 Å². The van der Waals surface area contributed by atoms with Crippen LogP contribution in [-0.4, -0.2) is 26.0 Å². The highest BCUT2D eigenvalue weighted by Gasteiger charge is 2.39. The molecule has 0 unspecified atom stereocenters. The van der Waals surface area contributed by atoms with E-state index >= 15 is 0 Å². The lowest BCUT2D eigenvalue weighted by atomic mass is 9.98. The summed E-state index contributed by atoms with van der Waals surface area (Å²) in [5.41, 5.74) is 2.89. The highest BCUT2D eigenvalue weighted by molar-refractivity contribution is 6.00. The Morgan fingerprint density at radius 2 is 2.10 bits per heavy atom. The molecule has 2 aromatic heterocycles. The Kier molecular flexibility index (Phi) is 2.81. The van der Waals surface area contributed by atoms with Crippen LogP contribution in [0.5, 0.6) is 0 Å². The molecule has 1 N–H and O–H groups in total. The number of aromatic nitrogens is 3. The molecule has 0 atom stereocenters. The van der Waals surface area contributed by atoms with Crippen molar-refractivity contribution in [2.45, 2.75) is 46.1 Å². The smallest absolute Gasteiger partial charge is 0.257 e. The topological polar surface area (TPSA) is 59.3 Å². The SMILES string of the molecule is Cc1cc(C)n2ncc(C(=O)NC(C)(C)C3CC3)c2n1. The quantitative estimate of drug-likeness (QED) is 0.932. The van der Waals surface area contributed by atoms with Gasteiger partial charge in [-0.25, -0.2) is 9.50 Å². The van der Waals surface area contributed by atoms with Crippen molar-refractivity contribution >= 4 is 11.6 Å². The van der Waals surface area contributed by atoms with Gasteiger partial charge in [-0.15, -0.1) is 0 Å². The first-order valence-electron chi connectivity index (χ1n) is 7.03. The molecule has 5 heteroatoms. The maximum absolute atomic E-state index is 12.5. The molecule has 1 saturated carbocycles. The molecule has 0 aromatic carbocycles. The maximum atomic E-state index is 12.5. The van der Waals surface area contributed by atoms with E-state index in [1.807, 2.05) is 19.9 Å². The first-order valence-corrected chi connectivity index (χ1v) is 7.03. The summed E-state index contributed by atoms with van der Waals surface area (Å²) in [6.07, 6.45) is 3.99. The van der Waals surface area contributed by atoms with Crippen LogP contribution in [0.15, 0.2) is 12.3 Å². The van der Waals surface area contributed by atoms with Crippen LogP contribution in [0.2, 0.25) is 0 Å². The number of fused-ring (bicyclic) bond motifs is 1. The van der Waals surface area contributed by atoms with Crippen LogP contribution in [0.3, 0.4) is 0 Å². The normalized spacial score (nSPS) is 15.6. The van der Waals surface area contributed by atoms with E-state index in [-0.39, 0.29) is 11.4 Å². The van der Waals surface area contributed by atoms with Crippen LogP contribution in [0.1, 0.15) is 48.4 Å². The molecule has 1 fully saturated rings. The summed E-state index contributed by atoms with van der Waals surface area (Å²) >= 11 is 0. The van der Waals surface area contributed by atoms with Gasteiger partial charge in [-0.05, 0) is 52.5 Å². The minimum Gasteiger partial charge on any atom is -0.347 e. The fourth-order valence-corrected chi connectivity index (χ4v) is 2.70. The predicted octanol–water partition coefficient (Wildman–Crippen LogP) is 2.26. The van der Waals surface area contributed by atoms with Gasteiger partial charge in [0.1, 0.15) is 5.56 Å². The van der Waals surface area contributed by atoms with Gasteiger partial charge in [0.05, 0.1) is 6.20 Å². The molecular weight excluding hydrogens is 252 g/mol. The van der Waals surface area contributed by atoms with E-state index in [1.165, 1.54) is 12.8 Å². The summed E-state index contributed by atoms with van der Waals surface area (Å²) < 4.78 is 1.71. The van der Waals surface area contributed by atoms with Gasteiger partial charge in [0, 0.05) is 16.9 Å². The van der Waals surface area contributed by atoms with Gasteiger partial charge in [-0.2, -0.15) is 5.10 Å². The molecule has 5 nitrogen and oxygen atoms in total. The van der Waals surface area contributed by atoms with Crippen LogP contribution in [0, 0.1) is 19.8 Å². The van der Waals surface area contributed by atoms with Gasteiger partial charge in [0.25, 0.3) is 5.91 Å². The third-order valence-corrected chi connectivity index (χ3v) is 4.06. The first kappa shape index (κ1) is 13.1. The highest BCUT2D eigenvalue weighted by atomic mass is 16.1. The minimum absolute atomic E-state index is 0.0885. The maximum Gasteiger partial charge on any atom is 0.257 e. The number of nitrogens with zero attached hydrogens (tertiary/aromatic N) is 3. The molecule has 3 rings (SSSR count). The molecule has 1 aliphatic carbocycles. The van der Waals surface area contributed by atoms with Gasteiger partial charge in [0.2, 0.25) is 0 Å². The average molecular weight is 272 g/mol. The Hall–Kier alpha value is -1.91. The lowest BCUT2D eigenvalue weighted by Crippen LogP contribution is -2.45. The van der Waals surface area contributed by atoms with Crippen LogP contribution in [0.25, 0.3) is 5.65 Å². The zero-order chi connectivity index (χ0) is 14.5. The number of nitrogens with one attached hydrogen (secondary N) is 1. The molecule has 0 radical (unpaired) electrons. The van der Waals surface area contributed by atoms with Gasteiger partial charge < -0.3 is 5.32 Å². The Balaban J connectivity index is 1.95. The molecule has 1 amide bonds. The molecule has 2 aromatic rings. The Bertz CT molecular complexity index is 682. The number of aryl methyl sites for hydroxylation is 2. The van der Waals surface area contributed by atoms with E-state index in [1.54, 1.807) is 10.7 Å². The van der Waals surface area contributed by atoms with Crippen molar-refractivity contribution < 1.29 is 4.79 Å². The monoisotopic (exact) mass is 272 g/mol. The number of carbonyl (C=O) groups is 1. The average Bonchev–Trinajstić information content (AvgIpc) is 3.10. The van der Waals surface area contributed by atoms with Crippen LogP contribution in [-0.2, 0) is 0 Å². The molecule has 0 saturated heterocycles. The second-order valence-corrected chi connectivity index (χ2v) is 6.28. The number of hydrogen-bond acceptors (Lipinski definition) is 3. The third-order valence-electron chi connectivity index (χ3n) is 4.06. The van der Waals surface area contributed by atoms with Crippen LogP contribution < -0.4 is 5.32 Å². The predicted molar refractivity (Wildman–Crippen MR) is 76.7 cm³/mol. The number of amides is 1. The van der Waals surface area contributed by atoms with Crippen molar-refractivity contribution in [1.82, 2.24) is 19.9 Å². The largest absolute Gasteiger partial charge is 0.347 e. The van der Waals surface area contributed by atoms with Gasteiger partial charge in [-0.1, -0.05) is 0 Å². The van der Waals surface area contributed by atoms with E-state index < -0.39 is 0 Å². The van der Waals surface area contributed by atoms with Crippen molar-refractivity contribution in [1.29, 1.82) is 0 Å². The number of hydrogen-bond donors (Lipinski definition) is 1. The van der Waals surface area contributed by atoms with Crippen LogP contribution >= 0.6 is 0 Å². The fourth-order valence-electron chi connectivity index (χ4n) is 2.70. The summed E-state index contributed by atoms with van der Waals surface area (Å²) in [5, 5.41) is 7.38. The molecule has 1 aliphatic rings. The Morgan fingerprint density at radius 3 is 2.75 bits per heavy atom. The summed E-state index contributed by atoms with van der Waals surface area (Å²) in [4.78, 5) is 16.9. The number of carbonyl (C=O) groups excluding carboxylic acids is 1. The molecular formula is C15H20N4O. The van der Waals surface area contributed by atoms with E-state index in [9.17, 15) is 4.79 Å². The third kappa shape index (κ3) is 2.17. The number of rotatable bonds is 3. The highest BCUT2D eigenvalue weighted by Crippen LogP contribution is 2.39. The molecule has 2 heterocycles. The van der Waals surface area contributed by atoms with E-state index in [0.29, 0.717) is 17.1 Å². The zero-order valence-corrected chi connectivity index (χ0v) is 12.4. The van der Waals surface area contributed by atoms with Gasteiger partial charge in [-0.3, -0.25) is 4.79 Å². The summed E-state index contributed by atoms with van der Waals surface area (Å²) in [7, 11) is 0. The van der Waals surface area contributed by atoms with Crippen molar-refractivity contribution in [3.05, 3.63) is 29.2 Å². The van der Waals surface area contributed by atoms with Crippen LogP contribution in [0.4, 0.5) is 0 Å². The van der Waals surface area contributed by atoms with E-state index in [2.05, 4.69) is 29.2 Å². The lowest BCUT2D eigenvalue weighted by molar-refractivity contribution is 0.0905. The molecule has 0 bridgehead atoms. The zero-order valence-electron chi connectivity index (χ0n) is 12.4. The minimum atomic E-state index is -0.162. The van der Waals surface area contributed by atoms with E-state index in [0.717, 1.165) is 11.4 Å². The van der Waals surface area contributed by atoms with Crippen molar-refractivity contribution in [3.8, 4) is 0 Å². The lowest BCUT2D eigenvalue weighted by Gasteiger charge is -2.25. The van der Waals surface area contributed by atoms with E-state index in [4.69, 9.17) is 0 Å². The standard InChI is InChI=1S/C15H20N4O/c1-9-7-10(2)19-13(17-9)12(8-16-19)14(20)18-15(3,4)11-5-6-11/h7-8,11H,5-6H2,1-4H3,(H,18,20). The molecule has 0 spiro atoms. The summed E-state index contributed by atoms with van der Waals surface area (Å²) in [6, 6.07) is 1.95. The summed E-state index contributed by atoms with van der Waals surface area (Å²) in [5.74, 6) is 0.499. The fraction of sp³-hybridized carbons (Fsp3) is 0.533. The first-order chi connectivity index (χ1) is 9.38. The van der Waals surface area contributed by atoms with Gasteiger partial charge >= 0.3 is 0 Å². The van der Waals surface area contributed by atoms with Gasteiger partial charge in [0.15, 0.2) is 5.65 Å². The second-order valence-electron chi connectivity index (χ2n) is 6.28.